The maximum atomic E-state index is 10.0. The molecule has 0 aromatic carbocycles. The molecule has 1 fully saturated rings. The van der Waals surface area contributed by atoms with Crippen molar-refractivity contribution in [2.45, 2.75) is 115 Å². The maximum Gasteiger partial charge on any atom is 0.0985 e. The summed E-state index contributed by atoms with van der Waals surface area (Å²) < 4.78 is 1.78. The van der Waals surface area contributed by atoms with Gasteiger partial charge < -0.3 is 15.5 Å². The number of unbranched alkanes of at least 4 members (excludes halogenated alkanes) is 9. The molecule has 0 aliphatic carbocycles. The van der Waals surface area contributed by atoms with Gasteiger partial charge in [0.2, 0.25) is 0 Å². The van der Waals surface area contributed by atoms with E-state index in [-0.39, 0.29) is 12.1 Å². The van der Waals surface area contributed by atoms with Crippen LogP contribution in [0.2, 0.25) is 0 Å². The number of aryl methyl sites for hydroxylation is 1. The number of aromatic nitrogens is 3. The van der Waals surface area contributed by atoms with Crippen LogP contribution in [0, 0.1) is 0 Å². The van der Waals surface area contributed by atoms with Crippen LogP contribution in [0.1, 0.15) is 83.7 Å². The second-order valence-corrected chi connectivity index (χ2v) is 7.91. The lowest BCUT2D eigenvalue weighted by Gasteiger charge is -2.15. The number of aliphatic hydroxyl groups is 2. The van der Waals surface area contributed by atoms with E-state index in [9.17, 15) is 10.2 Å². The Morgan fingerprint density at radius 2 is 1.58 bits per heavy atom. The molecule has 1 aromatic heterocycles. The Morgan fingerprint density at radius 1 is 0.962 bits per heavy atom. The third-order valence-electron chi connectivity index (χ3n) is 5.51. The molecule has 3 N–H and O–H groups in total. The monoisotopic (exact) mass is 366 g/mol. The molecule has 1 aliphatic rings. The van der Waals surface area contributed by atoms with E-state index in [1.807, 2.05) is 13.1 Å². The van der Waals surface area contributed by atoms with E-state index in [4.69, 9.17) is 0 Å². The van der Waals surface area contributed by atoms with Crippen molar-refractivity contribution in [3.05, 3.63) is 11.9 Å². The van der Waals surface area contributed by atoms with Crippen LogP contribution in [0.15, 0.2) is 6.20 Å². The molecule has 1 aliphatic heterocycles. The predicted octanol–water partition coefficient (Wildman–Crippen LogP) is 2.82. The van der Waals surface area contributed by atoms with Gasteiger partial charge in [0.1, 0.15) is 0 Å². The van der Waals surface area contributed by atoms with Gasteiger partial charge in [-0.1, -0.05) is 69.9 Å². The molecule has 6 heteroatoms. The van der Waals surface area contributed by atoms with Crippen molar-refractivity contribution in [3.63, 3.8) is 0 Å². The highest BCUT2D eigenvalue weighted by Crippen LogP contribution is 2.16. The van der Waals surface area contributed by atoms with Gasteiger partial charge in [-0.25, -0.2) is 0 Å². The lowest BCUT2D eigenvalue weighted by atomic mass is 10.1. The summed E-state index contributed by atoms with van der Waals surface area (Å²) in [4.78, 5) is 0. The minimum absolute atomic E-state index is 0.0929. The van der Waals surface area contributed by atoms with Crippen LogP contribution >= 0.6 is 0 Å². The fourth-order valence-corrected chi connectivity index (χ4v) is 3.77. The first-order chi connectivity index (χ1) is 12.6. The highest BCUT2D eigenvalue weighted by Gasteiger charge is 2.38. The smallest absolute Gasteiger partial charge is 0.0985 e. The molecule has 0 saturated carbocycles. The van der Waals surface area contributed by atoms with Crippen molar-refractivity contribution in [2.75, 3.05) is 0 Å². The Labute approximate surface area is 158 Å². The molecule has 0 unspecified atom stereocenters. The van der Waals surface area contributed by atoms with Gasteiger partial charge in [0.05, 0.1) is 30.5 Å². The molecular formula is C20H38N4O2. The number of nitrogens with one attached hydrogen (secondary N) is 1. The summed E-state index contributed by atoms with van der Waals surface area (Å²) in [5, 5.41) is 31.5. The average Bonchev–Trinajstić information content (AvgIpc) is 3.17. The maximum absolute atomic E-state index is 10.0. The Kier molecular flexibility index (Phi) is 9.57. The van der Waals surface area contributed by atoms with Crippen LogP contribution in [-0.2, 0) is 13.0 Å². The van der Waals surface area contributed by atoms with Crippen LogP contribution in [0.5, 0.6) is 0 Å². The molecule has 0 radical (unpaired) electrons. The summed E-state index contributed by atoms with van der Waals surface area (Å²) >= 11 is 0. The number of rotatable bonds is 13. The number of hydrogen-bond donors (Lipinski definition) is 3. The fourth-order valence-electron chi connectivity index (χ4n) is 3.77. The van der Waals surface area contributed by atoms with Gasteiger partial charge in [0, 0.05) is 12.2 Å². The number of nitrogens with zero attached hydrogens (tertiary/aromatic N) is 3. The SMILES string of the molecule is CCCCCCCCCCCCc1cn(C[C@@H]2N[C@@H](C)[C@@H](O)[C@H]2O)nn1. The van der Waals surface area contributed by atoms with Crippen LogP contribution < -0.4 is 5.32 Å². The van der Waals surface area contributed by atoms with E-state index in [1.165, 1.54) is 57.8 Å². The zero-order valence-corrected chi connectivity index (χ0v) is 16.6. The van der Waals surface area contributed by atoms with Crippen LogP contribution in [0.25, 0.3) is 0 Å². The van der Waals surface area contributed by atoms with Gasteiger partial charge in [-0.2, -0.15) is 0 Å². The minimum Gasteiger partial charge on any atom is -0.389 e. The molecule has 2 rings (SSSR count). The van der Waals surface area contributed by atoms with Crippen molar-refractivity contribution in [2.24, 2.45) is 0 Å². The first kappa shape index (κ1) is 21.3. The molecule has 0 amide bonds. The number of hydrogen-bond acceptors (Lipinski definition) is 5. The summed E-state index contributed by atoms with van der Waals surface area (Å²) in [6.45, 7) is 4.68. The van der Waals surface area contributed by atoms with Crippen molar-refractivity contribution < 1.29 is 10.2 Å². The fraction of sp³-hybridized carbons (Fsp3) is 0.900. The largest absolute Gasteiger partial charge is 0.389 e. The van der Waals surface area contributed by atoms with Gasteiger partial charge in [-0.15, -0.1) is 5.10 Å². The van der Waals surface area contributed by atoms with Crippen LogP contribution in [0.4, 0.5) is 0 Å². The highest BCUT2D eigenvalue weighted by atomic mass is 16.3. The van der Waals surface area contributed by atoms with Gasteiger partial charge in [-0.3, -0.25) is 4.68 Å². The highest BCUT2D eigenvalue weighted by molar-refractivity contribution is 4.98. The van der Waals surface area contributed by atoms with Crippen LogP contribution in [0.3, 0.4) is 0 Å². The molecule has 1 saturated heterocycles. The molecule has 26 heavy (non-hydrogen) atoms. The summed E-state index contributed by atoms with van der Waals surface area (Å²) in [6, 6.07) is -0.267. The molecule has 0 bridgehead atoms. The standard InChI is InChI=1S/C20H38N4O2/c1-3-4-5-6-7-8-9-10-11-12-13-17-14-24(23-22-17)15-18-20(26)19(25)16(2)21-18/h14,16,18-21,25-26H,3-13,15H2,1-2H3/t16-,18-,19+,20-/m0/s1. The Bertz CT molecular complexity index is 494. The van der Waals surface area contributed by atoms with Crippen molar-refractivity contribution in [1.29, 1.82) is 0 Å². The first-order valence-electron chi connectivity index (χ1n) is 10.6. The third-order valence-corrected chi connectivity index (χ3v) is 5.51. The molecule has 150 valence electrons. The zero-order valence-electron chi connectivity index (χ0n) is 16.6. The molecular weight excluding hydrogens is 328 g/mol. The van der Waals surface area contributed by atoms with E-state index in [1.54, 1.807) is 4.68 Å². The first-order valence-corrected chi connectivity index (χ1v) is 10.6. The lowest BCUT2D eigenvalue weighted by molar-refractivity contribution is 0.0275. The summed E-state index contributed by atoms with van der Waals surface area (Å²) in [7, 11) is 0. The van der Waals surface area contributed by atoms with E-state index >= 15 is 0 Å². The second kappa shape index (κ2) is 11.7. The third kappa shape index (κ3) is 6.97. The van der Waals surface area contributed by atoms with E-state index < -0.39 is 12.2 Å². The van der Waals surface area contributed by atoms with E-state index in [0.717, 1.165) is 18.5 Å². The van der Waals surface area contributed by atoms with Gasteiger partial charge >= 0.3 is 0 Å². The van der Waals surface area contributed by atoms with Gasteiger partial charge in [0.25, 0.3) is 0 Å². The minimum atomic E-state index is -0.750. The van der Waals surface area contributed by atoms with E-state index in [2.05, 4.69) is 22.6 Å². The molecule has 0 spiro atoms. The molecule has 6 nitrogen and oxygen atoms in total. The lowest BCUT2D eigenvalue weighted by Crippen LogP contribution is -2.37. The molecule has 4 atom stereocenters. The zero-order chi connectivity index (χ0) is 18.8. The Morgan fingerprint density at radius 3 is 2.15 bits per heavy atom. The topological polar surface area (TPSA) is 83.2 Å². The van der Waals surface area contributed by atoms with Crippen LogP contribution in [-0.4, -0.2) is 49.5 Å². The predicted molar refractivity (Wildman–Crippen MR) is 104 cm³/mol. The summed E-state index contributed by atoms with van der Waals surface area (Å²) in [5.74, 6) is 0. The van der Waals surface area contributed by atoms with Crippen molar-refractivity contribution in [1.82, 2.24) is 20.3 Å². The Balaban J connectivity index is 1.54. The normalized spacial score (nSPS) is 25.8. The summed E-state index contributed by atoms with van der Waals surface area (Å²) in [5.41, 5.74) is 1.02. The molecule has 2 heterocycles. The Hall–Kier alpha value is -0.980. The van der Waals surface area contributed by atoms with Gasteiger partial charge in [-0.05, 0) is 19.8 Å². The number of aliphatic hydroxyl groups excluding tert-OH is 2. The second-order valence-electron chi connectivity index (χ2n) is 7.91. The van der Waals surface area contributed by atoms with Crippen molar-refractivity contribution in [3.8, 4) is 0 Å². The average molecular weight is 367 g/mol. The van der Waals surface area contributed by atoms with Crippen molar-refractivity contribution >= 4 is 0 Å². The quantitative estimate of drug-likeness (QED) is 0.468. The van der Waals surface area contributed by atoms with E-state index in [0.29, 0.717) is 6.54 Å². The van der Waals surface area contributed by atoms with Gasteiger partial charge in [0.15, 0.2) is 0 Å². The summed E-state index contributed by atoms with van der Waals surface area (Å²) in [6.07, 6.45) is 14.8. The molecule has 1 aromatic rings.